The predicted octanol–water partition coefficient (Wildman–Crippen LogP) is -1.74. The zero-order valence-electron chi connectivity index (χ0n) is 7.60. The SMILES string of the molecule is BC(B)(O)n1nnc2ccccc21. The van der Waals surface area contributed by atoms with Crippen molar-refractivity contribution in [2.75, 3.05) is 0 Å². The summed E-state index contributed by atoms with van der Waals surface area (Å²) in [6, 6.07) is 7.54. The molecular formula is C7H9B2N3O. The van der Waals surface area contributed by atoms with Gasteiger partial charge in [-0.05, 0) is 12.1 Å². The van der Waals surface area contributed by atoms with Gasteiger partial charge in [0.25, 0.3) is 0 Å². The number of benzene rings is 1. The highest BCUT2D eigenvalue weighted by molar-refractivity contribution is 6.36. The summed E-state index contributed by atoms with van der Waals surface area (Å²) < 4.78 is 1.50. The number of hydrogen-bond donors (Lipinski definition) is 1. The van der Waals surface area contributed by atoms with Gasteiger partial charge in [-0.25, -0.2) is 4.68 Å². The van der Waals surface area contributed by atoms with E-state index in [4.69, 9.17) is 0 Å². The summed E-state index contributed by atoms with van der Waals surface area (Å²) in [6.45, 7) is 0. The minimum absolute atomic E-state index is 0.796. The maximum absolute atomic E-state index is 9.74. The lowest BCUT2D eigenvalue weighted by Crippen LogP contribution is -2.35. The molecule has 64 valence electrons. The van der Waals surface area contributed by atoms with Crippen molar-refractivity contribution in [3.05, 3.63) is 24.3 Å². The van der Waals surface area contributed by atoms with Gasteiger partial charge in [0.2, 0.25) is 0 Å². The van der Waals surface area contributed by atoms with Crippen LogP contribution in [0.2, 0.25) is 0 Å². The Hall–Kier alpha value is -1.29. The Morgan fingerprint density at radius 1 is 1.31 bits per heavy atom. The molecule has 0 saturated heterocycles. The fourth-order valence-electron chi connectivity index (χ4n) is 1.27. The maximum atomic E-state index is 9.74. The molecule has 0 amide bonds. The normalized spacial score (nSPS) is 12.1. The maximum Gasteiger partial charge on any atom is 0.159 e. The van der Waals surface area contributed by atoms with Gasteiger partial charge in [-0.2, -0.15) is 0 Å². The highest BCUT2D eigenvalue weighted by Crippen LogP contribution is 2.13. The number of fused-ring (bicyclic) bond motifs is 1. The first-order valence-electron chi connectivity index (χ1n) is 4.12. The minimum atomic E-state index is -1.00. The van der Waals surface area contributed by atoms with Gasteiger partial charge in [0, 0.05) is 0 Å². The standard InChI is InChI=1S/C7H9B2N3O/c8-7(9,13)12-6-4-2-1-3-5(6)10-11-12/h1-4,13H,8-9H2. The molecule has 1 aromatic heterocycles. The van der Waals surface area contributed by atoms with Gasteiger partial charge in [-0.3, -0.25) is 0 Å². The van der Waals surface area contributed by atoms with Gasteiger partial charge in [-0.1, -0.05) is 17.3 Å². The smallest absolute Gasteiger partial charge is 0.159 e. The van der Waals surface area contributed by atoms with Crippen molar-refractivity contribution in [2.45, 2.75) is 5.52 Å². The molecule has 0 aliphatic carbocycles. The topological polar surface area (TPSA) is 50.9 Å². The van der Waals surface area contributed by atoms with Crippen LogP contribution in [-0.4, -0.2) is 35.8 Å². The fourth-order valence-corrected chi connectivity index (χ4v) is 1.27. The number of rotatable bonds is 1. The first kappa shape index (κ1) is 8.31. The Kier molecular flexibility index (Phi) is 1.66. The molecule has 0 aliphatic rings. The molecular weight excluding hydrogens is 164 g/mol. The summed E-state index contributed by atoms with van der Waals surface area (Å²) in [5.41, 5.74) is 0.635. The molecule has 0 atom stereocenters. The van der Waals surface area contributed by atoms with Crippen LogP contribution in [0.3, 0.4) is 0 Å². The Bertz CT molecular complexity index is 434. The Labute approximate surface area is 77.4 Å². The molecule has 4 nitrogen and oxygen atoms in total. The molecule has 2 rings (SSSR count). The molecule has 0 unspecified atom stereocenters. The molecule has 0 saturated carbocycles. The highest BCUT2D eigenvalue weighted by Gasteiger charge is 2.18. The van der Waals surface area contributed by atoms with Crippen molar-refractivity contribution < 1.29 is 5.11 Å². The van der Waals surface area contributed by atoms with Crippen LogP contribution in [0.15, 0.2) is 24.3 Å². The molecule has 1 heterocycles. The monoisotopic (exact) mass is 173 g/mol. The van der Waals surface area contributed by atoms with Gasteiger partial charge >= 0.3 is 0 Å². The van der Waals surface area contributed by atoms with Crippen LogP contribution in [0.5, 0.6) is 0 Å². The van der Waals surface area contributed by atoms with E-state index in [0.29, 0.717) is 0 Å². The molecule has 0 radical (unpaired) electrons. The van der Waals surface area contributed by atoms with Gasteiger partial charge < -0.3 is 5.11 Å². The number of aromatic nitrogens is 3. The van der Waals surface area contributed by atoms with Crippen LogP contribution < -0.4 is 0 Å². The lowest BCUT2D eigenvalue weighted by molar-refractivity contribution is 0.129. The molecule has 1 N–H and O–H groups in total. The van der Waals surface area contributed by atoms with E-state index >= 15 is 0 Å². The first-order chi connectivity index (χ1) is 6.09. The molecule has 0 spiro atoms. The third kappa shape index (κ3) is 1.33. The quantitative estimate of drug-likeness (QED) is 0.520. The average molecular weight is 173 g/mol. The van der Waals surface area contributed by atoms with E-state index in [1.807, 2.05) is 24.3 Å². The van der Waals surface area contributed by atoms with E-state index in [0.717, 1.165) is 11.0 Å². The molecule has 0 aliphatic heterocycles. The van der Waals surface area contributed by atoms with E-state index in [2.05, 4.69) is 10.3 Å². The van der Waals surface area contributed by atoms with Crippen molar-refractivity contribution in [3.8, 4) is 0 Å². The molecule has 2 aromatic rings. The summed E-state index contributed by atoms with van der Waals surface area (Å²) in [5.74, 6) is 0. The molecule has 0 fully saturated rings. The van der Waals surface area contributed by atoms with Crippen LogP contribution in [0.4, 0.5) is 0 Å². The summed E-state index contributed by atoms with van der Waals surface area (Å²) in [5, 5.41) is 17.6. The van der Waals surface area contributed by atoms with Crippen LogP contribution in [0, 0.1) is 0 Å². The van der Waals surface area contributed by atoms with Crippen LogP contribution in [-0.2, 0) is 5.52 Å². The summed E-state index contributed by atoms with van der Waals surface area (Å²) >= 11 is 0. The van der Waals surface area contributed by atoms with E-state index in [1.54, 1.807) is 15.7 Å². The Balaban J connectivity index is 2.72. The lowest BCUT2D eigenvalue weighted by Gasteiger charge is -2.18. The lowest BCUT2D eigenvalue weighted by atomic mass is 9.73. The highest BCUT2D eigenvalue weighted by atomic mass is 16.3. The zero-order chi connectivity index (χ0) is 9.47. The number of hydrogen-bond acceptors (Lipinski definition) is 3. The van der Waals surface area contributed by atoms with Crippen molar-refractivity contribution in [3.63, 3.8) is 0 Å². The number of para-hydroxylation sites is 1. The van der Waals surface area contributed by atoms with Crippen molar-refractivity contribution in [1.82, 2.24) is 15.0 Å². The second kappa shape index (κ2) is 2.60. The fraction of sp³-hybridized carbons (Fsp3) is 0.143. The van der Waals surface area contributed by atoms with Crippen LogP contribution >= 0.6 is 0 Å². The van der Waals surface area contributed by atoms with Crippen molar-refractivity contribution in [2.24, 2.45) is 0 Å². The van der Waals surface area contributed by atoms with Crippen LogP contribution in [0.25, 0.3) is 11.0 Å². The van der Waals surface area contributed by atoms with E-state index in [1.165, 1.54) is 4.68 Å². The second-order valence-electron chi connectivity index (χ2n) is 3.48. The summed E-state index contributed by atoms with van der Waals surface area (Å²) in [4.78, 5) is 0. The third-order valence-electron chi connectivity index (χ3n) is 1.87. The molecule has 13 heavy (non-hydrogen) atoms. The summed E-state index contributed by atoms with van der Waals surface area (Å²) in [6.07, 6.45) is 0. The van der Waals surface area contributed by atoms with Crippen LogP contribution in [0.1, 0.15) is 0 Å². The van der Waals surface area contributed by atoms with Crippen molar-refractivity contribution >= 4 is 26.7 Å². The van der Waals surface area contributed by atoms with Gasteiger partial charge in [-0.15, -0.1) is 5.10 Å². The molecule has 6 heteroatoms. The van der Waals surface area contributed by atoms with Gasteiger partial charge in [0.1, 0.15) is 5.52 Å². The molecule has 1 aromatic carbocycles. The van der Waals surface area contributed by atoms with Crippen molar-refractivity contribution in [1.29, 1.82) is 0 Å². The number of nitrogens with zero attached hydrogens (tertiary/aromatic N) is 3. The average Bonchev–Trinajstić information content (AvgIpc) is 2.45. The molecule has 0 bridgehead atoms. The zero-order valence-corrected chi connectivity index (χ0v) is 7.60. The minimum Gasteiger partial charge on any atom is -0.386 e. The number of aliphatic hydroxyl groups is 1. The van der Waals surface area contributed by atoms with Gasteiger partial charge in [0.15, 0.2) is 15.7 Å². The van der Waals surface area contributed by atoms with E-state index < -0.39 is 5.52 Å². The summed E-state index contributed by atoms with van der Waals surface area (Å²) in [7, 11) is 3.35. The largest absolute Gasteiger partial charge is 0.386 e. The Morgan fingerprint density at radius 2 is 2.00 bits per heavy atom. The third-order valence-corrected chi connectivity index (χ3v) is 1.87. The Morgan fingerprint density at radius 3 is 2.69 bits per heavy atom. The van der Waals surface area contributed by atoms with Gasteiger partial charge in [0.05, 0.1) is 11.0 Å². The first-order valence-corrected chi connectivity index (χ1v) is 4.12. The predicted molar refractivity (Wildman–Crippen MR) is 54.8 cm³/mol. The van der Waals surface area contributed by atoms with E-state index in [-0.39, 0.29) is 0 Å². The van der Waals surface area contributed by atoms with E-state index in [9.17, 15) is 5.11 Å². The second-order valence-corrected chi connectivity index (χ2v) is 3.48.